The van der Waals surface area contributed by atoms with E-state index in [2.05, 4.69) is 76.5 Å². The van der Waals surface area contributed by atoms with Gasteiger partial charge in [-0.05, 0) is 105 Å². The average molecular weight is 455 g/mol. The molecule has 3 atom stereocenters. The fraction of sp³-hybridized carbons (Fsp3) is 0.577. The molecule has 0 amide bonds. The molecule has 2 aliphatic carbocycles. The molecule has 168 valence electrons. The van der Waals surface area contributed by atoms with Crippen LogP contribution in [0.15, 0.2) is 30.3 Å². The van der Waals surface area contributed by atoms with E-state index in [1.54, 1.807) is 0 Å². The Hall–Kier alpha value is -1.44. The number of carbonyl (C=O) groups is 1. The Morgan fingerprint density at radius 2 is 1.77 bits per heavy atom. The minimum Gasteiger partial charge on any atom is -0.544 e. The lowest BCUT2D eigenvalue weighted by molar-refractivity contribution is -0.117. The molecule has 0 saturated heterocycles. The molecule has 2 aromatic carbocycles. The summed E-state index contributed by atoms with van der Waals surface area (Å²) in [4.78, 5) is 11.7. The van der Waals surface area contributed by atoms with Crippen molar-refractivity contribution in [3.8, 4) is 5.75 Å². The molecule has 3 nitrogen and oxygen atoms in total. The first-order valence-electron chi connectivity index (χ1n) is 11.8. The summed E-state index contributed by atoms with van der Waals surface area (Å²) >= 11 is 0. The van der Waals surface area contributed by atoms with Gasteiger partial charge in [-0.3, -0.25) is 0 Å². The van der Waals surface area contributed by atoms with Gasteiger partial charge in [0.25, 0.3) is 0 Å². The third kappa shape index (κ3) is 4.05. The van der Waals surface area contributed by atoms with Crippen molar-refractivity contribution < 1.29 is 13.6 Å². The lowest BCUT2D eigenvalue weighted by Gasteiger charge is -2.51. The minimum atomic E-state index is -1.79. The van der Waals surface area contributed by atoms with Crippen LogP contribution in [0.1, 0.15) is 49.7 Å². The maximum atomic E-state index is 11.7. The van der Waals surface area contributed by atoms with Crippen molar-refractivity contribution in [2.45, 2.75) is 89.8 Å². The quantitative estimate of drug-likeness (QED) is 0.346. The number of benzene rings is 2. The highest BCUT2D eigenvalue weighted by molar-refractivity contribution is 6.70. The van der Waals surface area contributed by atoms with E-state index in [0.717, 1.165) is 37.7 Å². The summed E-state index contributed by atoms with van der Waals surface area (Å²) in [6.45, 7) is 15.8. The first-order chi connectivity index (χ1) is 14.4. The molecule has 5 heteroatoms. The Kier molecular flexibility index (Phi) is 5.55. The average Bonchev–Trinajstić information content (AvgIpc) is 2.91. The highest BCUT2D eigenvalue weighted by Gasteiger charge is 2.60. The number of carbonyl (C=O) groups excluding carboxylic acids is 1. The number of hydrogen-bond donors (Lipinski definition) is 0. The van der Waals surface area contributed by atoms with E-state index in [-0.39, 0.29) is 11.0 Å². The number of fused-ring (bicyclic) bond motifs is 5. The van der Waals surface area contributed by atoms with Crippen LogP contribution in [-0.4, -0.2) is 28.5 Å². The molecule has 1 saturated carbocycles. The third-order valence-corrected chi connectivity index (χ3v) is 9.25. The van der Waals surface area contributed by atoms with E-state index in [1.165, 1.54) is 21.9 Å². The van der Waals surface area contributed by atoms with Crippen molar-refractivity contribution in [1.82, 2.24) is 0 Å². The van der Waals surface area contributed by atoms with Crippen LogP contribution in [0, 0.1) is 5.41 Å². The summed E-state index contributed by atoms with van der Waals surface area (Å²) in [6, 6.07) is 11.2. The number of rotatable bonds is 6. The van der Waals surface area contributed by atoms with Crippen LogP contribution in [0.3, 0.4) is 0 Å². The van der Waals surface area contributed by atoms with Crippen molar-refractivity contribution >= 4 is 33.7 Å². The minimum absolute atomic E-state index is 0.00968. The second-order valence-electron chi connectivity index (χ2n) is 11.8. The van der Waals surface area contributed by atoms with E-state index < -0.39 is 16.6 Å². The van der Waals surface area contributed by atoms with E-state index in [9.17, 15) is 4.79 Å². The van der Waals surface area contributed by atoms with E-state index in [0.29, 0.717) is 12.3 Å². The predicted molar refractivity (Wildman–Crippen MR) is 134 cm³/mol. The SMILES string of the molecule is CC12CCc3c(ccc4cc(O[Si](C)(C)C)ccc34)C1CCC2(CC=O)O[Si](C)(C)C. The highest BCUT2D eigenvalue weighted by atomic mass is 28.4. The fourth-order valence-corrected chi connectivity index (χ4v) is 8.69. The molecule has 0 aliphatic heterocycles. The van der Waals surface area contributed by atoms with Gasteiger partial charge < -0.3 is 13.6 Å². The van der Waals surface area contributed by atoms with Crippen LogP contribution in [0.25, 0.3) is 10.8 Å². The summed E-state index contributed by atoms with van der Waals surface area (Å²) in [7, 11) is -3.41. The first kappa shape index (κ1) is 22.7. The van der Waals surface area contributed by atoms with Gasteiger partial charge >= 0.3 is 0 Å². The molecule has 0 spiro atoms. The molecular weight excluding hydrogens is 416 g/mol. The Morgan fingerprint density at radius 1 is 1.03 bits per heavy atom. The largest absolute Gasteiger partial charge is 0.544 e. The van der Waals surface area contributed by atoms with Gasteiger partial charge in [0.05, 0.1) is 5.60 Å². The van der Waals surface area contributed by atoms with Crippen molar-refractivity contribution in [3.05, 3.63) is 41.5 Å². The molecule has 3 unspecified atom stereocenters. The van der Waals surface area contributed by atoms with Gasteiger partial charge in [-0.1, -0.05) is 25.1 Å². The zero-order valence-electron chi connectivity index (χ0n) is 20.3. The Morgan fingerprint density at radius 3 is 2.42 bits per heavy atom. The van der Waals surface area contributed by atoms with Crippen LogP contribution in [0.2, 0.25) is 39.3 Å². The zero-order chi connectivity index (χ0) is 22.7. The van der Waals surface area contributed by atoms with Gasteiger partial charge in [0, 0.05) is 11.8 Å². The van der Waals surface area contributed by atoms with Crippen LogP contribution in [0.5, 0.6) is 5.75 Å². The first-order valence-corrected chi connectivity index (χ1v) is 18.6. The van der Waals surface area contributed by atoms with Crippen LogP contribution >= 0.6 is 0 Å². The predicted octanol–water partition coefficient (Wildman–Crippen LogP) is 7.06. The van der Waals surface area contributed by atoms with Crippen molar-refractivity contribution in [2.24, 2.45) is 5.41 Å². The van der Waals surface area contributed by atoms with Crippen molar-refractivity contribution in [1.29, 1.82) is 0 Å². The van der Waals surface area contributed by atoms with E-state index in [4.69, 9.17) is 8.85 Å². The van der Waals surface area contributed by atoms with Gasteiger partial charge in [-0.25, -0.2) is 0 Å². The Labute approximate surface area is 189 Å². The standard InChI is InChI=1S/C26H38O3Si2/c1-25-14-12-22-21-11-9-20(28-30(2,3)4)18-19(21)8-10-23(22)24(25)13-15-26(25,16-17-27)29-31(5,6)7/h8-11,17-18,24H,12-16H2,1-7H3. The topological polar surface area (TPSA) is 35.5 Å². The molecule has 0 bridgehead atoms. The second kappa shape index (κ2) is 7.56. The summed E-state index contributed by atoms with van der Waals surface area (Å²) < 4.78 is 13.1. The summed E-state index contributed by atoms with van der Waals surface area (Å²) in [5, 5.41) is 2.63. The van der Waals surface area contributed by atoms with Crippen LogP contribution in [-0.2, 0) is 15.6 Å². The highest BCUT2D eigenvalue weighted by Crippen LogP contribution is 2.63. The molecule has 2 aliphatic rings. The zero-order valence-corrected chi connectivity index (χ0v) is 22.3. The molecule has 0 radical (unpaired) electrons. The summed E-state index contributed by atoms with van der Waals surface area (Å²) in [5.41, 5.74) is 2.67. The molecule has 0 aromatic heterocycles. The van der Waals surface area contributed by atoms with E-state index in [1.807, 2.05) is 0 Å². The normalized spacial score (nSPS) is 28.3. The third-order valence-electron chi connectivity index (χ3n) is 7.39. The molecule has 0 heterocycles. The molecule has 31 heavy (non-hydrogen) atoms. The number of aldehydes is 1. The van der Waals surface area contributed by atoms with Crippen molar-refractivity contribution in [3.63, 3.8) is 0 Å². The number of hydrogen-bond acceptors (Lipinski definition) is 3. The van der Waals surface area contributed by atoms with Gasteiger partial charge in [-0.2, -0.15) is 0 Å². The Bertz CT molecular complexity index is 1000. The lowest BCUT2D eigenvalue weighted by Crippen LogP contribution is -2.53. The van der Waals surface area contributed by atoms with Gasteiger partial charge in [0.2, 0.25) is 8.32 Å². The molecule has 0 N–H and O–H groups in total. The van der Waals surface area contributed by atoms with Crippen LogP contribution in [0.4, 0.5) is 0 Å². The summed E-state index contributed by atoms with van der Waals surface area (Å²) in [6.07, 6.45) is 5.83. The number of aryl methyl sites for hydroxylation is 1. The molecular formula is C26H38O3Si2. The maximum Gasteiger partial charge on any atom is 0.242 e. The van der Waals surface area contributed by atoms with Crippen LogP contribution < -0.4 is 4.43 Å². The lowest BCUT2D eigenvalue weighted by atomic mass is 9.60. The van der Waals surface area contributed by atoms with Gasteiger partial charge in [0.1, 0.15) is 12.0 Å². The van der Waals surface area contributed by atoms with Crippen molar-refractivity contribution in [2.75, 3.05) is 0 Å². The monoisotopic (exact) mass is 454 g/mol. The second-order valence-corrected chi connectivity index (χ2v) is 20.7. The van der Waals surface area contributed by atoms with Gasteiger partial charge in [0.15, 0.2) is 8.32 Å². The maximum absolute atomic E-state index is 11.7. The fourth-order valence-electron chi connectivity index (χ4n) is 6.26. The van der Waals surface area contributed by atoms with Gasteiger partial charge in [-0.15, -0.1) is 0 Å². The molecule has 4 rings (SSSR count). The summed E-state index contributed by atoms with van der Waals surface area (Å²) in [5.74, 6) is 1.44. The Balaban J connectivity index is 1.75. The smallest absolute Gasteiger partial charge is 0.242 e. The molecule has 1 fully saturated rings. The van der Waals surface area contributed by atoms with E-state index >= 15 is 0 Å². The molecule has 2 aromatic rings.